The molecule has 0 heterocycles. The number of nitro groups is 1. The Morgan fingerprint density at radius 1 is 1.46 bits per heavy atom. The molecule has 2 N–H and O–H groups in total. The number of non-ortho nitro benzene ring substituents is 1. The van der Waals surface area contributed by atoms with Crippen LogP contribution in [0.5, 0.6) is 0 Å². The predicted octanol–water partition coefficient (Wildman–Crippen LogP) is 1.92. The second kappa shape index (κ2) is 7.59. The van der Waals surface area contributed by atoms with Crippen molar-refractivity contribution in [1.29, 1.82) is 0 Å². The van der Waals surface area contributed by atoms with E-state index in [1.54, 1.807) is 0 Å². The third kappa shape index (κ3) is 4.21. The Bertz CT molecular complexity index is 661. The van der Waals surface area contributed by atoms with Gasteiger partial charge in [-0.15, -0.1) is 0 Å². The van der Waals surface area contributed by atoms with Crippen molar-refractivity contribution in [2.75, 3.05) is 13.1 Å². The molecule has 0 unspecified atom stereocenters. The number of amides is 1. The van der Waals surface area contributed by atoms with Crippen molar-refractivity contribution in [2.45, 2.75) is 31.8 Å². The SMILES string of the molecule is CCN(CC(=O)O)C1CC(NC(=O)c2ccc([N+](=O)[O-])cc2Cl)C1. The van der Waals surface area contributed by atoms with E-state index in [2.05, 4.69) is 5.32 Å². The molecule has 0 atom stereocenters. The number of nitro benzene ring substituents is 1. The van der Waals surface area contributed by atoms with E-state index in [1.807, 2.05) is 11.8 Å². The van der Waals surface area contributed by atoms with Crippen LogP contribution in [0, 0.1) is 10.1 Å². The Balaban J connectivity index is 1.91. The van der Waals surface area contributed by atoms with Crippen molar-refractivity contribution in [3.05, 3.63) is 38.9 Å². The summed E-state index contributed by atoms with van der Waals surface area (Å²) in [4.78, 5) is 34.9. The van der Waals surface area contributed by atoms with Gasteiger partial charge in [0.1, 0.15) is 0 Å². The van der Waals surface area contributed by atoms with E-state index in [-0.39, 0.29) is 40.8 Å². The Morgan fingerprint density at radius 2 is 2.12 bits per heavy atom. The van der Waals surface area contributed by atoms with Gasteiger partial charge in [-0.2, -0.15) is 0 Å². The summed E-state index contributed by atoms with van der Waals surface area (Å²) < 4.78 is 0. The maximum atomic E-state index is 12.2. The number of hydrogen-bond acceptors (Lipinski definition) is 5. The van der Waals surface area contributed by atoms with Crippen LogP contribution < -0.4 is 5.32 Å². The van der Waals surface area contributed by atoms with Crippen LogP contribution in [0.1, 0.15) is 30.1 Å². The number of likely N-dealkylation sites (N-methyl/N-ethyl adjacent to an activating group) is 1. The zero-order chi connectivity index (χ0) is 17.9. The van der Waals surface area contributed by atoms with Gasteiger partial charge < -0.3 is 10.4 Å². The van der Waals surface area contributed by atoms with Gasteiger partial charge >= 0.3 is 5.97 Å². The molecule has 9 heteroatoms. The molecule has 0 aliphatic heterocycles. The van der Waals surface area contributed by atoms with E-state index >= 15 is 0 Å². The molecule has 1 saturated carbocycles. The molecule has 1 aliphatic rings. The van der Waals surface area contributed by atoms with Gasteiger partial charge in [-0.05, 0) is 25.5 Å². The molecule has 0 radical (unpaired) electrons. The monoisotopic (exact) mass is 355 g/mol. The number of nitrogens with zero attached hydrogens (tertiary/aromatic N) is 2. The van der Waals surface area contributed by atoms with Gasteiger partial charge in [0.2, 0.25) is 0 Å². The van der Waals surface area contributed by atoms with Crippen LogP contribution in [0.3, 0.4) is 0 Å². The standard InChI is InChI=1S/C15H18ClN3O5/c1-2-18(8-14(20)21)11-5-9(6-11)17-15(22)12-4-3-10(19(23)24)7-13(12)16/h3-4,7,9,11H,2,5-6,8H2,1H3,(H,17,22)(H,20,21). The molecule has 0 saturated heterocycles. The lowest BCUT2D eigenvalue weighted by atomic mass is 9.85. The minimum Gasteiger partial charge on any atom is -0.480 e. The first kappa shape index (κ1) is 18.2. The Morgan fingerprint density at radius 3 is 2.62 bits per heavy atom. The third-order valence-corrected chi connectivity index (χ3v) is 4.43. The number of hydrogen-bond donors (Lipinski definition) is 2. The second-order valence-electron chi connectivity index (χ2n) is 5.67. The molecular weight excluding hydrogens is 338 g/mol. The van der Waals surface area contributed by atoms with Crippen molar-refractivity contribution < 1.29 is 19.6 Å². The van der Waals surface area contributed by atoms with Crippen LogP contribution in [-0.2, 0) is 4.79 Å². The minimum atomic E-state index is -0.873. The molecule has 130 valence electrons. The molecule has 2 rings (SSSR count). The van der Waals surface area contributed by atoms with Crippen LogP contribution in [-0.4, -0.2) is 52.0 Å². The summed E-state index contributed by atoms with van der Waals surface area (Å²) in [7, 11) is 0. The van der Waals surface area contributed by atoms with Gasteiger partial charge in [0, 0.05) is 24.2 Å². The number of nitrogens with one attached hydrogen (secondary N) is 1. The van der Waals surface area contributed by atoms with Gasteiger partial charge in [-0.1, -0.05) is 18.5 Å². The highest BCUT2D eigenvalue weighted by Crippen LogP contribution is 2.27. The van der Waals surface area contributed by atoms with Crippen LogP contribution in [0.25, 0.3) is 0 Å². The number of carbonyl (C=O) groups is 2. The number of rotatable bonds is 7. The number of benzene rings is 1. The molecule has 0 aromatic heterocycles. The molecule has 8 nitrogen and oxygen atoms in total. The van der Waals surface area contributed by atoms with E-state index in [4.69, 9.17) is 16.7 Å². The highest BCUT2D eigenvalue weighted by atomic mass is 35.5. The van der Waals surface area contributed by atoms with E-state index in [1.165, 1.54) is 12.1 Å². The van der Waals surface area contributed by atoms with Crippen LogP contribution in [0.2, 0.25) is 5.02 Å². The molecule has 1 aromatic rings. The fourth-order valence-electron chi connectivity index (χ4n) is 2.74. The highest BCUT2D eigenvalue weighted by molar-refractivity contribution is 6.34. The smallest absolute Gasteiger partial charge is 0.317 e. The second-order valence-corrected chi connectivity index (χ2v) is 6.08. The molecule has 24 heavy (non-hydrogen) atoms. The quantitative estimate of drug-likeness (QED) is 0.570. The fourth-order valence-corrected chi connectivity index (χ4v) is 3.00. The average Bonchev–Trinajstić information content (AvgIpc) is 2.47. The van der Waals surface area contributed by atoms with Crippen molar-refractivity contribution in [3.63, 3.8) is 0 Å². The molecule has 1 amide bonds. The van der Waals surface area contributed by atoms with Crippen molar-refractivity contribution in [1.82, 2.24) is 10.2 Å². The number of carboxylic acids is 1. The largest absolute Gasteiger partial charge is 0.480 e. The van der Waals surface area contributed by atoms with Crippen LogP contribution in [0.4, 0.5) is 5.69 Å². The molecule has 0 bridgehead atoms. The van der Waals surface area contributed by atoms with Gasteiger partial charge in [0.25, 0.3) is 11.6 Å². The number of carboxylic acid groups (broad SMARTS) is 1. The Hall–Kier alpha value is -2.19. The lowest BCUT2D eigenvalue weighted by Crippen LogP contribution is -2.54. The van der Waals surface area contributed by atoms with Gasteiger partial charge in [0.15, 0.2) is 0 Å². The molecule has 1 aromatic carbocycles. The summed E-state index contributed by atoms with van der Waals surface area (Å²) in [5.41, 5.74) is 0.0103. The summed E-state index contributed by atoms with van der Waals surface area (Å²) in [6, 6.07) is 3.77. The first-order chi connectivity index (χ1) is 11.3. The number of carbonyl (C=O) groups excluding carboxylic acids is 1. The summed E-state index contributed by atoms with van der Waals surface area (Å²) in [6.45, 7) is 2.51. The van der Waals surface area contributed by atoms with E-state index < -0.39 is 10.9 Å². The predicted molar refractivity (Wildman–Crippen MR) is 87.3 cm³/mol. The van der Waals surface area contributed by atoms with E-state index in [0.717, 1.165) is 6.07 Å². The summed E-state index contributed by atoms with van der Waals surface area (Å²) >= 11 is 5.93. The first-order valence-electron chi connectivity index (χ1n) is 7.52. The zero-order valence-electron chi connectivity index (χ0n) is 13.1. The summed E-state index contributed by atoms with van der Waals surface area (Å²) in [5.74, 6) is -1.26. The lowest BCUT2D eigenvalue weighted by Gasteiger charge is -2.42. The van der Waals surface area contributed by atoms with Crippen molar-refractivity contribution in [2.24, 2.45) is 0 Å². The zero-order valence-corrected chi connectivity index (χ0v) is 13.8. The third-order valence-electron chi connectivity index (χ3n) is 4.12. The Labute approximate surface area is 143 Å². The minimum absolute atomic E-state index is 0.0178. The van der Waals surface area contributed by atoms with Gasteiger partial charge in [0.05, 0.1) is 22.1 Å². The van der Waals surface area contributed by atoms with Crippen LogP contribution >= 0.6 is 11.6 Å². The fraction of sp³-hybridized carbons (Fsp3) is 0.467. The molecule has 0 spiro atoms. The molecule has 1 aliphatic carbocycles. The van der Waals surface area contributed by atoms with Crippen molar-refractivity contribution >= 4 is 29.2 Å². The maximum Gasteiger partial charge on any atom is 0.317 e. The lowest BCUT2D eigenvalue weighted by molar-refractivity contribution is -0.384. The molecule has 1 fully saturated rings. The normalized spacial score (nSPS) is 19.6. The van der Waals surface area contributed by atoms with Gasteiger partial charge in [-0.3, -0.25) is 24.6 Å². The average molecular weight is 356 g/mol. The summed E-state index contributed by atoms with van der Waals surface area (Å²) in [6.07, 6.45) is 1.33. The molecular formula is C15H18ClN3O5. The number of aliphatic carboxylic acids is 1. The van der Waals surface area contributed by atoms with E-state index in [0.29, 0.717) is 19.4 Å². The first-order valence-corrected chi connectivity index (χ1v) is 7.90. The summed E-state index contributed by atoms with van der Waals surface area (Å²) in [5, 5.41) is 22.4. The topological polar surface area (TPSA) is 113 Å². The Kier molecular flexibility index (Phi) is 5.74. The highest BCUT2D eigenvalue weighted by Gasteiger charge is 2.35. The van der Waals surface area contributed by atoms with Crippen LogP contribution in [0.15, 0.2) is 18.2 Å². The number of halogens is 1. The van der Waals surface area contributed by atoms with E-state index in [9.17, 15) is 19.7 Å². The van der Waals surface area contributed by atoms with Gasteiger partial charge in [-0.25, -0.2) is 0 Å². The maximum absolute atomic E-state index is 12.2. The van der Waals surface area contributed by atoms with Crippen molar-refractivity contribution in [3.8, 4) is 0 Å².